The van der Waals surface area contributed by atoms with Gasteiger partial charge in [0, 0.05) is 62.2 Å². The van der Waals surface area contributed by atoms with Gasteiger partial charge in [0.05, 0.1) is 5.92 Å². The number of nitrogens with zero attached hydrogens (tertiary/aromatic N) is 3. The molecule has 2 aliphatic rings. The first-order chi connectivity index (χ1) is 18.3. The Morgan fingerprint density at radius 3 is 2.23 bits per heavy atom. The molecule has 4 rings (SSSR count). The van der Waals surface area contributed by atoms with Gasteiger partial charge in [-0.25, -0.2) is 8.78 Å². The summed E-state index contributed by atoms with van der Waals surface area (Å²) >= 11 is 0. The number of carboxylic acids is 1. The maximum atomic E-state index is 14.9. The van der Waals surface area contributed by atoms with E-state index in [1.807, 2.05) is 54.8 Å². The summed E-state index contributed by atoms with van der Waals surface area (Å²) in [5.41, 5.74) is 2.24. The van der Waals surface area contributed by atoms with Gasteiger partial charge in [-0.1, -0.05) is 42.8 Å². The van der Waals surface area contributed by atoms with E-state index >= 15 is 0 Å². The zero-order chi connectivity index (χ0) is 28.6. The average molecular weight is 542 g/mol. The van der Waals surface area contributed by atoms with E-state index < -0.39 is 35.5 Å². The van der Waals surface area contributed by atoms with Crippen LogP contribution in [0.2, 0.25) is 0 Å². The van der Waals surface area contributed by atoms with E-state index in [1.54, 1.807) is 0 Å². The molecular formula is C31H41F2N3O3. The Morgan fingerprint density at radius 2 is 1.67 bits per heavy atom. The van der Waals surface area contributed by atoms with Gasteiger partial charge in [-0.2, -0.15) is 0 Å². The highest BCUT2D eigenvalue weighted by atomic mass is 19.1. The summed E-state index contributed by atoms with van der Waals surface area (Å²) in [6.07, 6.45) is 0. The van der Waals surface area contributed by atoms with Gasteiger partial charge < -0.3 is 10.0 Å². The van der Waals surface area contributed by atoms with Crippen molar-refractivity contribution in [1.82, 2.24) is 14.7 Å². The van der Waals surface area contributed by atoms with Gasteiger partial charge in [0.1, 0.15) is 17.7 Å². The molecule has 0 aromatic heterocycles. The molecule has 2 aromatic rings. The van der Waals surface area contributed by atoms with Crippen molar-refractivity contribution in [3.8, 4) is 0 Å². The Kier molecular flexibility index (Phi) is 8.47. The first-order valence-corrected chi connectivity index (χ1v) is 13.8. The quantitative estimate of drug-likeness (QED) is 0.565. The number of benzene rings is 2. The molecule has 0 radical (unpaired) electrons. The predicted octanol–water partition coefficient (Wildman–Crippen LogP) is 4.88. The third-order valence-electron chi connectivity index (χ3n) is 8.61. The van der Waals surface area contributed by atoms with Crippen LogP contribution in [0.25, 0.3) is 0 Å². The summed E-state index contributed by atoms with van der Waals surface area (Å²) in [4.78, 5) is 32.4. The zero-order valence-corrected chi connectivity index (χ0v) is 23.8. The molecule has 6 nitrogen and oxygen atoms in total. The zero-order valence-electron chi connectivity index (χ0n) is 23.8. The molecule has 212 valence electrons. The summed E-state index contributed by atoms with van der Waals surface area (Å²) in [6, 6.07) is 10.6. The number of aliphatic carboxylic acids is 1. The van der Waals surface area contributed by atoms with Crippen LogP contribution in [-0.4, -0.2) is 82.0 Å². The van der Waals surface area contributed by atoms with Gasteiger partial charge in [-0.05, 0) is 51.8 Å². The Balaban J connectivity index is 1.53. The monoisotopic (exact) mass is 541 g/mol. The summed E-state index contributed by atoms with van der Waals surface area (Å²) in [6.45, 7) is 14.4. The maximum absolute atomic E-state index is 14.9. The Bertz CT molecular complexity index is 1200. The minimum atomic E-state index is -0.876. The molecule has 0 saturated carbocycles. The van der Waals surface area contributed by atoms with Crippen LogP contribution in [-0.2, 0) is 9.59 Å². The summed E-state index contributed by atoms with van der Waals surface area (Å²) < 4.78 is 28.6. The van der Waals surface area contributed by atoms with Crippen molar-refractivity contribution in [2.75, 3.05) is 32.7 Å². The first kappa shape index (κ1) is 29.2. The van der Waals surface area contributed by atoms with Gasteiger partial charge in [0.15, 0.2) is 0 Å². The van der Waals surface area contributed by atoms with Crippen LogP contribution < -0.4 is 0 Å². The molecule has 8 heteroatoms. The van der Waals surface area contributed by atoms with Crippen molar-refractivity contribution < 1.29 is 23.5 Å². The number of halogens is 2. The lowest BCUT2D eigenvalue weighted by Gasteiger charge is -2.44. The number of likely N-dealkylation sites (tertiary alicyclic amines) is 1. The first-order valence-electron chi connectivity index (χ1n) is 13.8. The standard InChI is InChI=1S/C31H41F2N3O3/c1-19-7-9-22(10-8-19)21(3)28(30(38)39)34-13-14-36(20(2)16-34)29(37)26-18-35(31(4,5)6)17-25(26)24-12-11-23(32)15-27(24)33/h7-12,15,20-21,25-26,28H,13-14,16-18H2,1-6H3,(H,38,39)/t20-,21+,25-,26+,28-/m0/s1. The van der Waals surface area contributed by atoms with Crippen molar-refractivity contribution in [2.45, 2.75) is 71.0 Å². The minimum Gasteiger partial charge on any atom is -0.480 e. The van der Waals surface area contributed by atoms with E-state index in [4.69, 9.17) is 0 Å². The van der Waals surface area contributed by atoms with Crippen molar-refractivity contribution in [3.05, 3.63) is 70.8 Å². The van der Waals surface area contributed by atoms with Crippen LogP contribution >= 0.6 is 0 Å². The van der Waals surface area contributed by atoms with Crippen molar-refractivity contribution in [2.24, 2.45) is 5.92 Å². The number of hydrogen-bond donors (Lipinski definition) is 1. The van der Waals surface area contributed by atoms with E-state index in [9.17, 15) is 23.5 Å². The van der Waals surface area contributed by atoms with Gasteiger partial charge >= 0.3 is 5.97 Å². The molecule has 2 fully saturated rings. The lowest BCUT2D eigenvalue weighted by atomic mass is 9.86. The highest BCUT2D eigenvalue weighted by Crippen LogP contribution is 2.39. The van der Waals surface area contributed by atoms with Gasteiger partial charge in [0.2, 0.25) is 5.91 Å². The summed E-state index contributed by atoms with van der Waals surface area (Å²) in [5.74, 6) is -3.28. The fraction of sp³-hybridized carbons (Fsp3) is 0.548. The number of carbonyl (C=O) groups is 2. The second-order valence-electron chi connectivity index (χ2n) is 12.3. The second kappa shape index (κ2) is 11.3. The van der Waals surface area contributed by atoms with E-state index in [2.05, 4.69) is 25.7 Å². The van der Waals surface area contributed by atoms with Crippen molar-refractivity contribution in [1.29, 1.82) is 0 Å². The highest BCUT2D eigenvalue weighted by molar-refractivity contribution is 5.81. The van der Waals surface area contributed by atoms with E-state index in [0.29, 0.717) is 38.3 Å². The Morgan fingerprint density at radius 1 is 1.00 bits per heavy atom. The van der Waals surface area contributed by atoms with Gasteiger partial charge in [-0.3, -0.25) is 19.4 Å². The van der Waals surface area contributed by atoms with Crippen LogP contribution in [0.15, 0.2) is 42.5 Å². The molecular weight excluding hydrogens is 500 g/mol. The van der Waals surface area contributed by atoms with Crippen LogP contribution in [0.4, 0.5) is 8.78 Å². The second-order valence-corrected chi connectivity index (χ2v) is 12.3. The number of aryl methyl sites for hydroxylation is 1. The average Bonchev–Trinajstić information content (AvgIpc) is 3.30. The number of piperazine rings is 1. The molecule has 2 heterocycles. The Labute approximate surface area is 230 Å². The van der Waals surface area contributed by atoms with Crippen molar-refractivity contribution in [3.63, 3.8) is 0 Å². The predicted molar refractivity (Wildman–Crippen MR) is 148 cm³/mol. The molecule has 0 spiro atoms. The number of hydrogen-bond acceptors (Lipinski definition) is 4. The summed E-state index contributed by atoms with van der Waals surface area (Å²) in [5, 5.41) is 10.2. The maximum Gasteiger partial charge on any atom is 0.321 e. The Hall–Kier alpha value is -2.84. The number of carbonyl (C=O) groups excluding carboxylic acids is 1. The highest BCUT2D eigenvalue weighted by Gasteiger charge is 2.46. The summed E-state index contributed by atoms with van der Waals surface area (Å²) in [7, 11) is 0. The fourth-order valence-corrected chi connectivity index (χ4v) is 6.24. The van der Waals surface area contributed by atoms with Crippen LogP contribution in [0, 0.1) is 24.5 Å². The molecule has 0 unspecified atom stereocenters. The molecule has 0 aliphatic carbocycles. The SMILES string of the molecule is Cc1ccc([C@@H](C)[C@@H](C(=O)O)N2CCN(C(=O)[C@@H]3CN(C(C)(C)C)C[C@H]3c3ccc(F)cc3F)[C@@H](C)C2)cc1. The lowest BCUT2D eigenvalue weighted by molar-refractivity contribution is -0.147. The third-order valence-corrected chi connectivity index (χ3v) is 8.61. The van der Waals surface area contributed by atoms with Crippen LogP contribution in [0.1, 0.15) is 63.1 Å². The molecule has 0 bridgehead atoms. The van der Waals surface area contributed by atoms with E-state index in [-0.39, 0.29) is 23.4 Å². The lowest BCUT2D eigenvalue weighted by Crippen LogP contribution is -2.60. The molecule has 5 atom stereocenters. The molecule has 39 heavy (non-hydrogen) atoms. The molecule has 1 amide bonds. The van der Waals surface area contributed by atoms with Crippen molar-refractivity contribution >= 4 is 11.9 Å². The largest absolute Gasteiger partial charge is 0.480 e. The van der Waals surface area contributed by atoms with E-state index in [0.717, 1.165) is 17.2 Å². The normalized spacial score (nSPS) is 24.5. The van der Waals surface area contributed by atoms with Gasteiger partial charge in [-0.15, -0.1) is 0 Å². The van der Waals surface area contributed by atoms with Crippen LogP contribution in [0.5, 0.6) is 0 Å². The smallest absolute Gasteiger partial charge is 0.321 e. The molecule has 2 saturated heterocycles. The van der Waals surface area contributed by atoms with Crippen LogP contribution in [0.3, 0.4) is 0 Å². The molecule has 2 aliphatic heterocycles. The number of carboxylic acid groups (broad SMARTS) is 1. The third kappa shape index (κ3) is 6.17. The number of rotatable bonds is 6. The topological polar surface area (TPSA) is 64.1 Å². The minimum absolute atomic E-state index is 0.0546. The molecule has 2 aromatic carbocycles. The van der Waals surface area contributed by atoms with E-state index in [1.165, 1.54) is 12.1 Å². The van der Waals surface area contributed by atoms with Gasteiger partial charge in [0.25, 0.3) is 0 Å². The number of amides is 1. The fourth-order valence-electron chi connectivity index (χ4n) is 6.24. The molecule has 1 N–H and O–H groups in total.